The van der Waals surface area contributed by atoms with Crippen molar-refractivity contribution >= 4 is 32.0 Å². The summed E-state index contributed by atoms with van der Waals surface area (Å²) in [6.45, 7) is 3.41. The van der Waals surface area contributed by atoms with E-state index in [1.165, 1.54) is 31.2 Å². The van der Waals surface area contributed by atoms with Gasteiger partial charge in [-0.25, -0.2) is 13.7 Å². The summed E-state index contributed by atoms with van der Waals surface area (Å²) in [6, 6.07) is 15.6. The Morgan fingerprint density at radius 3 is 2.12 bits per heavy atom. The highest BCUT2D eigenvalue weighted by atomic mass is 32.2. The Hall–Kier alpha value is -2.25. The zero-order valence-electron chi connectivity index (χ0n) is 17.0. The van der Waals surface area contributed by atoms with Crippen LogP contribution in [0.15, 0.2) is 80.2 Å². The molecule has 0 spiro atoms. The number of sulfone groups is 1. The Bertz CT molecular complexity index is 1330. The predicted molar refractivity (Wildman–Crippen MR) is 118 cm³/mol. The third-order valence-corrected chi connectivity index (χ3v) is 8.20. The van der Waals surface area contributed by atoms with Gasteiger partial charge in [-0.05, 0) is 61.2 Å². The minimum atomic E-state index is -4.60. The van der Waals surface area contributed by atoms with E-state index >= 15 is 0 Å². The quantitative estimate of drug-likeness (QED) is 0.202. The molecule has 3 aromatic rings. The first kappa shape index (κ1) is 24.4. The van der Waals surface area contributed by atoms with Crippen LogP contribution in [0.3, 0.4) is 0 Å². The molecule has 0 aromatic heterocycles. The molecule has 32 heavy (non-hydrogen) atoms. The van der Waals surface area contributed by atoms with E-state index in [0.717, 1.165) is 22.8 Å². The Kier molecular flexibility index (Phi) is 7.40. The number of hydrogen-bond donors (Lipinski definition) is 2. The molecule has 0 bridgehead atoms. The molecule has 11 heteroatoms. The second kappa shape index (κ2) is 9.71. The minimum absolute atomic E-state index is 0.126. The molecule has 0 amide bonds. The Labute approximate surface area is 190 Å². The van der Waals surface area contributed by atoms with E-state index in [-0.39, 0.29) is 15.4 Å². The lowest BCUT2D eigenvalue weighted by Gasteiger charge is -2.12. The summed E-state index contributed by atoms with van der Waals surface area (Å²) in [6.07, 6.45) is 0.467. The van der Waals surface area contributed by atoms with Gasteiger partial charge in [0.1, 0.15) is 0 Å². The van der Waals surface area contributed by atoms with Crippen LogP contribution in [-0.4, -0.2) is 26.6 Å². The van der Waals surface area contributed by atoms with Crippen molar-refractivity contribution in [3.05, 3.63) is 82.9 Å². The van der Waals surface area contributed by atoms with Gasteiger partial charge >= 0.3 is 0 Å². The van der Waals surface area contributed by atoms with Crippen LogP contribution in [0, 0.1) is 13.8 Å². The Balaban J connectivity index is 2.04. The fraction of sp³-hybridized carbons (Fsp3) is 0.143. The maximum atomic E-state index is 13.2. The van der Waals surface area contributed by atoms with Gasteiger partial charge in [-0.15, -0.1) is 4.33 Å². The molecule has 8 nitrogen and oxygen atoms in total. The van der Waals surface area contributed by atoms with Crippen molar-refractivity contribution in [2.75, 3.05) is 0 Å². The lowest BCUT2D eigenvalue weighted by molar-refractivity contribution is -0.432. The van der Waals surface area contributed by atoms with Gasteiger partial charge in [0.2, 0.25) is 9.84 Å². The van der Waals surface area contributed by atoms with Gasteiger partial charge in [0.05, 0.1) is 26.7 Å². The van der Waals surface area contributed by atoms with Crippen LogP contribution in [0.25, 0.3) is 0 Å². The molecule has 0 aliphatic heterocycles. The van der Waals surface area contributed by atoms with Gasteiger partial charge < -0.3 is 0 Å². The summed E-state index contributed by atoms with van der Waals surface area (Å²) in [7, 11) is -8.72. The van der Waals surface area contributed by atoms with Crippen LogP contribution in [0.1, 0.15) is 22.3 Å². The van der Waals surface area contributed by atoms with Gasteiger partial charge in [-0.2, -0.15) is 8.42 Å². The SMILES string of the molecule is Cc1ccc(Cc2ccc(S(=O)(=O)c3ccc(C)c(S(=O)(=O)O)c3)cc2SOOO)cc1. The summed E-state index contributed by atoms with van der Waals surface area (Å²) in [5.41, 5.74) is 3.01. The number of aryl methyl sites for hydroxylation is 2. The molecular weight excluding hydrogens is 476 g/mol. The fourth-order valence-corrected chi connectivity index (χ4v) is 5.80. The molecule has 0 saturated heterocycles. The van der Waals surface area contributed by atoms with Crippen LogP contribution in [0.5, 0.6) is 0 Å². The second-order valence-electron chi connectivity index (χ2n) is 7.06. The van der Waals surface area contributed by atoms with E-state index in [1.807, 2.05) is 31.2 Å². The molecule has 0 fully saturated rings. The average molecular weight is 497 g/mol. The van der Waals surface area contributed by atoms with Crippen LogP contribution in [0.2, 0.25) is 0 Å². The smallest absolute Gasteiger partial charge is 0.282 e. The molecular formula is C21H20O8S3. The van der Waals surface area contributed by atoms with Crippen molar-refractivity contribution < 1.29 is 36.0 Å². The van der Waals surface area contributed by atoms with Crippen molar-refractivity contribution in [2.45, 2.75) is 39.9 Å². The number of rotatable bonds is 8. The molecule has 0 saturated carbocycles. The maximum Gasteiger partial charge on any atom is 0.294 e. The summed E-state index contributed by atoms with van der Waals surface area (Å²) < 4.78 is 63.4. The largest absolute Gasteiger partial charge is 0.294 e. The first-order chi connectivity index (χ1) is 15.0. The first-order valence-electron chi connectivity index (χ1n) is 9.19. The van der Waals surface area contributed by atoms with Gasteiger partial charge in [-0.3, -0.25) is 4.55 Å². The molecule has 0 aliphatic rings. The average Bonchev–Trinajstić information content (AvgIpc) is 2.73. The third-order valence-electron chi connectivity index (χ3n) is 4.77. The van der Waals surface area contributed by atoms with Gasteiger partial charge in [0.15, 0.2) is 0 Å². The zero-order chi connectivity index (χ0) is 23.5. The van der Waals surface area contributed by atoms with Crippen molar-refractivity contribution in [1.82, 2.24) is 0 Å². The Morgan fingerprint density at radius 1 is 0.875 bits per heavy atom. The molecule has 0 radical (unpaired) electrons. The number of benzene rings is 3. The normalized spacial score (nSPS) is 12.1. The molecule has 3 rings (SSSR count). The highest BCUT2D eigenvalue weighted by molar-refractivity contribution is 7.94. The van der Waals surface area contributed by atoms with E-state index < -0.39 is 24.9 Å². The lowest BCUT2D eigenvalue weighted by Crippen LogP contribution is -2.07. The first-order valence-corrected chi connectivity index (χ1v) is 12.9. The van der Waals surface area contributed by atoms with Gasteiger partial charge in [-0.1, -0.05) is 47.0 Å². The van der Waals surface area contributed by atoms with E-state index in [9.17, 15) is 21.4 Å². The van der Waals surface area contributed by atoms with Crippen LogP contribution in [0.4, 0.5) is 0 Å². The van der Waals surface area contributed by atoms with Crippen molar-refractivity contribution in [3.63, 3.8) is 0 Å². The molecule has 0 unspecified atom stereocenters. The monoisotopic (exact) mass is 496 g/mol. The fourth-order valence-electron chi connectivity index (χ4n) is 3.06. The summed E-state index contributed by atoms with van der Waals surface area (Å²) in [5.74, 6) is 0. The highest BCUT2D eigenvalue weighted by Crippen LogP contribution is 2.32. The molecule has 0 atom stereocenters. The maximum absolute atomic E-state index is 13.2. The van der Waals surface area contributed by atoms with E-state index in [0.29, 0.717) is 23.4 Å². The molecule has 2 N–H and O–H groups in total. The van der Waals surface area contributed by atoms with Crippen molar-refractivity contribution in [1.29, 1.82) is 0 Å². The summed E-state index contributed by atoms with van der Waals surface area (Å²) in [5, 5.41) is 12.2. The molecule has 0 heterocycles. The van der Waals surface area contributed by atoms with Crippen LogP contribution in [-0.2, 0) is 35.7 Å². The lowest BCUT2D eigenvalue weighted by atomic mass is 10.0. The molecule has 0 aliphatic carbocycles. The summed E-state index contributed by atoms with van der Waals surface area (Å²) >= 11 is 0.632. The van der Waals surface area contributed by atoms with E-state index in [4.69, 9.17) is 5.26 Å². The minimum Gasteiger partial charge on any atom is -0.282 e. The van der Waals surface area contributed by atoms with Gasteiger partial charge in [0, 0.05) is 4.90 Å². The van der Waals surface area contributed by atoms with Crippen molar-refractivity contribution in [2.24, 2.45) is 0 Å². The van der Waals surface area contributed by atoms with E-state index in [1.54, 1.807) is 6.07 Å². The topological polar surface area (TPSA) is 127 Å². The van der Waals surface area contributed by atoms with Gasteiger partial charge in [0.25, 0.3) is 10.1 Å². The standard InChI is InChI=1S/C21H20O8S3/c1-14-3-6-16(7-4-14)11-17-8-10-18(12-20(17)30-29-28-22)31(23,24)19-9-5-15(2)21(13-19)32(25,26)27/h3-10,12-13,22H,11H2,1-2H3,(H,25,26,27). The zero-order valence-corrected chi connectivity index (χ0v) is 19.5. The van der Waals surface area contributed by atoms with E-state index in [2.05, 4.69) is 9.37 Å². The third kappa shape index (κ3) is 5.56. The predicted octanol–water partition coefficient (Wildman–Crippen LogP) is 4.40. The highest BCUT2D eigenvalue weighted by Gasteiger charge is 2.23. The molecule has 3 aromatic carbocycles. The number of hydrogen-bond acceptors (Lipinski definition) is 8. The second-order valence-corrected chi connectivity index (χ2v) is 11.1. The van der Waals surface area contributed by atoms with Crippen molar-refractivity contribution in [3.8, 4) is 0 Å². The molecule has 170 valence electrons. The Morgan fingerprint density at radius 2 is 1.50 bits per heavy atom. The van der Waals surface area contributed by atoms with Crippen LogP contribution >= 0.6 is 12.0 Å². The summed E-state index contributed by atoms with van der Waals surface area (Å²) in [4.78, 5) is -0.527. The van der Waals surface area contributed by atoms with Crippen LogP contribution < -0.4 is 0 Å².